The van der Waals surface area contributed by atoms with Gasteiger partial charge in [-0.25, -0.2) is 0 Å². The van der Waals surface area contributed by atoms with Gasteiger partial charge < -0.3 is 9.84 Å². The maximum Gasteiger partial charge on any atom is 0.0840 e. The van der Waals surface area contributed by atoms with Crippen molar-refractivity contribution in [2.45, 2.75) is 98.4 Å². The fraction of sp³-hybridized carbons (Fsp3) is 1.00. The highest BCUT2D eigenvalue weighted by Crippen LogP contribution is 2.43. The first-order chi connectivity index (χ1) is 9.57. The molecule has 2 aliphatic carbocycles. The van der Waals surface area contributed by atoms with E-state index in [9.17, 15) is 5.11 Å². The monoisotopic (exact) mass is 296 g/mol. The third-order valence-corrected chi connectivity index (χ3v) is 5.70. The van der Waals surface area contributed by atoms with Crippen LogP contribution >= 0.6 is 0 Å². The summed E-state index contributed by atoms with van der Waals surface area (Å²) >= 11 is 0. The molecule has 0 spiro atoms. The van der Waals surface area contributed by atoms with Crippen molar-refractivity contribution in [2.75, 3.05) is 0 Å². The molecule has 5 unspecified atom stereocenters. The van der Waals surface area contributed by atoms with Gasteiger partial charge in [0.25, 0.3) is 0 Å². The van der Waals surface area contributed by atoms with Crippen LogP contribution in [0.5, 0.6) is 0 Å². The van der Waals surface area contributed by atoms with Gasteiger partial charge in [0.05, 0.1) is 18.3 Å². The van der Waals surface area contributed by atoms with E-state index in [1.54, 1.807) is 0 Å². The lowest BCUT2D eigenvalue weighted by Crippen LogP contribution is -2.43. The topological polar surface area (TPSA) is 29.5 Å². The van der Waals surface area contributed by atoms with E-state index in [0.717, 1.165) is 38.0 Å². The van der Waals surface area contributed by atoms with Gasteiger partial charge in [-0.05, 0) is 61.2 Å². The summed E-state index contributed by atoms with van der Waals surface area (Å²) in [4.78, 5) is 0. The van der Waals surface area contributed by atoms with Crippen LogP contribution in [-0.4, -0.2) is 23.4 Å². The Labute approximate surface area is 131 Å². The molecule has 21 heavy (non-hydrogen) atoms. The van der Waals surface area contributed by atoms with Crippen molar-refractivity contribution in [3.05, 3.63) is 0 Å². The summed E-state index contributed by atoms with van der Waals surface area (Å²) in [5.41, 5.74) is 0.701. The molecule has 2 rings (SSSR count). The predicted octanol–water partition coefficient (Wildman–Crippen LogP) is 4.79. The molecule has 0 bridgehead atoms. The number of hydrogen-bond acceptors (Lipinski definition) is 2. The molecular weight excluding hydrogens is 260 g/mol. The average Bonchev–Trinajstić information content (AvgIpc) is 2.27. The highest BCUT2D eigenvalue weighted by Gasteiger charge is 2.39. The summed E-state index contributed by atoms with van der Waals surface area (Å²) in [5, 5.41) is 10.4. The summed E-state index contributed by atoms with van der Waals surface area (Å²) in [5.74, 6) is 1.40. The van der Waals surface area contributed by atoms with Crippen LogP contribution in [0, 0.1) is 22.7 Å². The molecule has 124 valence electrons. The second-order valence-electron chi connectivity index (χ2n) is 9.65. The molecule has 2 nitrogen and oxygen atoms in total. The number of aliphatic hydroxyl groups is 1. The van der Waals surface area contributed by atoms with Crippen LogP contribution in [-0.2, 0) is 4.74 Å². The van der Waals surface area contributed by atoms with Crippen molar-refractivity contribution in [3.63, 3.8) is 0 Å². The maximum absolute atomic E-state index is 10.4. The molecule has 0 heterocycles. The van der Waals surface area contributed by atoms with Gasteiger partial charge in [0.1, 0.15) is 0 Å². The van der Waals surface area contributed by atoms with Crippen LogP contribution in [0.1, 0.15) is 80.1 Å². The smallest absolute Gasteiger partial charge is 0.0840 e. The summed E-state index contributed by atoms with van der Waals surface area (Å²) < 4.78 is 6.43. The molecule has 5 atom stereocenters. The van der Waals surface area contributed by atoms with Crippen LogP contribution in [0.2, 0.25) is 0 Å². The van der Waals surface area contributed by atoms with E-state index in [0.29, 0.717) is 22.9 Å². The standard InChI is InChI=1S/C19H36O2/c1-13-9-15(12-19(5,6)11-13)21-17-10-14(18(2,3)4)7-8-16(17)20/h13-17,20H,7-12H2,1-6H3. The Morgan fingerprint density at radius 2 is 1.71 bits per heavy atom. The lowest BCUT2D eigenvalue weighted by molar-refractivity contribution is -0.135. The minimum absolute atomic E-state index is 0.0501. The van der Waals surface area contributed by atoms with E-state index in [2.05, 4.69) is 41.5 Å². The van der Waals surface area contributed by atoms with Gasteiger partial charge >= 0.3 is 0 Å². The third-order valence-electron chi connectivity index (χ3n) is 5.70. The maximum atomic E-state index is 10.4. The Hall–Kier alpha value is -0.0800. The van der Waals surface area contributed by atoms with Gasteiger partial charge in [-0.1, -0.05) is 41.5 Å². The van der Waals surface area contributed by atoms with E-state index in [-0.39, 0.29) is 12.2 Å². The Kier molecular flexibility index (Phi) is 5.10. The predicted molar refractivity (Wildman–Crippen MR) is 88.3 cm³/mol. The first kappa shape index (κ1) is 17.3. The first-order valence-corrected chi connectivity index (χ1v) is 8.90. The van der Waals surface area contributed by atoms with Crippen molar-refractivity contribution in [3.8, 4) is 0 Å². The van der Waals surface area contributed by atoms with Crippen LogP contribution in [0.4, 0.5) is 0 Å². The molecule has 0 saturated heterocycles. The number of hydrogen-bond donors (Lipinski definition) is 1. The molecular formula is C19H36O2. The van der Waals surface area contributed by atoms with Crippen molar-refractivity contribution in [1.29, 1.82) is 0 Å². The van der Waals surface area contributed by atoms with Gasteiger partial charge in [0.15, 0.2) is 0 Å². The van der Waals surface area contributed by atoms with Gasteiger partial charge in [0.2, 0.25) is 0 Å². The molecule has 2 aliphatic rings. The van der Waals surface area contributed by atoms with Gasteiger partial charge in [0, 0.05) is 0 Å². The Morgan fingerprint density at radius 1 is 1.05 bits per heavy atom. The fourth-order valence-electron chi connectivity index (χ4n) is 4.66. The van der Waals surface area contributed by atoms with Crippen LogP contribution in [0.15, 0.2) is 0 Å². The average molecular weight is 296 g/mol. The molecule has 0 aromatic rings. The van der Waals surface area contributed by atoms with E-state index < -0.39 is 0 Å². The van der Waals surface area contributed by atoms with Crippen LogP contribution < -0.4 is 0 Å². The number of ether oxygens (including phenoxy) is 1. The van der Waals surface area contributed by atoms with Crippen LogP contribution in [0.25, 0.3) is 0 Å². The van der Waals surface area contributed by atoms with Crippen molar-refractivity contribution in [1.82, 2.24) is 0 Å². The number of rotatable bonds is 2. The Balaban J connectivity index is 1.97. The summed E-state index contributed by atoms with van der Waals surface area (Å²) in [6.07, 6.45) is 6.78. The molecule has 2 heteroatoms. The zero-order chi connectivity index (χ0) is 15.8. The second-order valence-corrected chi connectivity index (χ2v) is 9.65. The van der Waals surface area contributed by atoms with Crippen molar-refractivity contribution in [2.24, 2.45) is 22.7 Å². The molecule has 2 saturated carbocycles. The molecule has 1 N–H and O–H groups in total. The highest BCUT2D eigenvalue weighted by molar-refractivity contribution is 4.89. The Bertz CT molecular complexity index is 342. The van der Waals surface area contributed by atoms with Gasteiger partial charge in [-0.3, -0.25) is 0 Å². The van der Waals surface area contributed by atoms with Crippen LogP contribution in [0.3, 0.4) is 0 Å². The van der Waals surface area contributed by atoms with E-state index in [1.165, 1.54) is 6.42 Å². The lowest BCUT2D eigenvalue weighted by Gasteiger charge is -2.44. The molecule has 0 amide bonds. The largest absolute Gasteiger partial charge is 0.390 e. The molecule has 0 radical (unpaired) electrons. The summed E-state index contributed by atoms with van der Waals surface area (Å²) in [7, 11) is 0. The molecule has 2 fully saturated rings. The normalized spacial score (nSPS) is 41.0. The van der Waals surface area contributed by atoms with Crippen molar-refractivity contribution >= 4 is 0 Å². The lowest BCUT2D eigenvalue weighted by atomic mass is 9.70. The molecule has 0 aliphatic heterocycles. The zero-order valence-electron chi connectivity index (χ0n) is 15.0. The van der Waals surface area contributed by atoms with E-state index in [1.807, 2.05) is 0 Å². The minimum atomic E-state index is -0.260. The fourth-order valence-corrected chi connectivity index (χ4v) is 4.66. The summed E-state index contributed by atoms with van der Waals surface area (Å²) in [6.45, 7) is 14.0. The minimum Gasteiger partial charge on any atom is -0.390 e. The second kappa shape index (κ2) is 6.20. The molecule has 0 aromatic carbocycles. The first-order valence-electron chi connectivity index (χ1n) is 8.90. The van der Waals surface area contributed by atoms with Crippen molar-refractivity contribution < 1.29 is 9.84 Å². The quantitative estimate of drug-likeness (QED) is 0.793. The SMILES string of the molecule is CC1CC(OC2CC(C(C)(C)C)CCC2O)CC(C)(C)C1. The molecule has 0 aromatic heterocycles. The number of aliphatic hydroxyl groups excluding tert-OH is 1. The van der Waals surface area contributed by atoms with E-state index in [4.69, 9.17) is 4.74 Å². The third kappa shape index (κ3) is 4.69. The van der Waals surface area contributed by atoms with Gasteiger partial charge in [-0.15, -0.1) is 0 Å². The Morgan fingerprint density at radius 3 is 2.29 bits per heavy atom. The van der Waals surface area contributed by atoms with E-state index >= 15 is 0 Å². The van der Waals surface area contributed by atoms with Gasteiger partial charge in [-0.2, -0.15) is 0 Å². The summed E-state index contributed by atoms with van der Waals surface area (Å²) in [6, 6.07) is 0. The zero-order valence-corrected chi connectivity index (χ0v) is 15.0. The highest BCUT2D eigenvalue weighted by atomic mass is 16.5.